The van der Waals surface area contributed by atoms with Crippen molar-refractivity contribution in [2.24, 2.45) is 7.05 Å². The largest absolute Gasteiger partial charge is 0.342 e. The number of nitrogens with one attached hydrogen (secondary N) is 1. The third kappa shape index (κ3) is 3.16. The van der Waals surface area contributed by atoms with Crippen LogP contribution in [0, 0.1) is 6.92 Å². The highest BCUT2D eigenvalue weighted by molar-refractivity contribution is 5.77. The number of nitrogens with zero attached hydrogens (tertiary/aromatic N) is 4. The van der Waals surface area contributed by atoms with Crippen LogP contribution < -0.4 is 0 Å². The highest BCUT2D eigenvalue weighted by atomic mass is 16.2. The number of aromatic amines is 1. The summed E-state index contributed by atoms with van der Waals surface area (Å²) in [6, 6.07) is 7.95. The summed E-state index contributed by atoms with van der Waals surface area (Å²) in [5.74, 6) is 2.51. The first-order valence-electron chi connectivity index (χ1n) is 8.81. The molecule has 1 aliphatic rings. The number of carbonyl (C=O) groups is 1. The predicted molar refractivity (Wildman–Crippen MR) is 96.3 cm³/mol. The Morgan fingerprint density at radius 1 is 1.32 bits per heavy atom. The van der Waals surface area contributed by atoms with Gasteiger partial charge in [-0.25, -0.2) is 9.97 Å². The van der Waals surface area contributed by atoms with Gasteiger partial charge in [0, 0.05) is 45.1 Å². The van der Waals surface area contributed by atoms with E-state index in [1.54, 1.807) is 0 Å². The zero-order valence-electron chi connectivity index (χ0n) is 14.7. The van der Waals surface area contributed by atoms with Gasteiger partial charge in [-0.1, -0.05) is 12.1 Å². The summed E-state index contributed by atoms with van der Waals surface area (Å²) in [7, 11) is 2.03. The molecule has 0 aliphatic carbocycles. The van der Waals surface area contributed by atoms with Crippen molar-refractivity contribution in [1.29, 1.82) is 0 Å². The van der Waals surface area contributed by atoms with E-state index in [1.165, 1.54) is 0 Å². The van der Waals surface area contributed by atoms with E-state index in [9.17, 15) is 4.79 Å². The topological polar surface area (TPSA) is 66.8 Å². The Labute approximate surface area is 146 Å². The van der Waals surface area contributed by atoms with E-state index in [-0.39, 0.29) is 5.91 Å². The minimum absolute atomic E-state index is 0.203. The zero-order valence-corrected chi connectivity index (χ0v) is 14.7. The Hall–Kier alpha value is -2.63. The summed E-state index contributed by atoms with van der Waals surface area (Å²) < 4.78 is 2.09. The van der Waals surface area contributed by atoms with Crippen LogP contribution in [0.3, 0.4) is 0 Å². The fourth-order valence-electron chi connectivity index (χ4n) is 3.72. The predicted octanol–water partition coefficient (Wildman–Crippen LogP) is 2.55. The first kappa shape index (κ1) is 15.9. The van der Waals surface area contributed by atoms with Gasteiger partial charge in [0.25, 0.3) is 0 Å². The number of fused-ring (bicyclic) bond motifs is 1. The number of para-hydroxylation sites is 2. The third-order valence-corrected chi connectivity index (χ3v) is 4.95. The molecule has 1 aliphatic heterocycles. The second kappa shape index (κ2) is 6.35. The molecule has 1 fully saturated rings. The molecule has 0 radical (unpaired) electrons. The average molecular weight is 337 g/mol. The Morgan fingerprint density at radius 3 is 2.92 bits per heavy atom. The summed E-state index contributed by atoms with van der Waals surface area (Å²) in [4.78, 5) is 27.0. The van der Waals surface area contributed by atoms with Gasteiger partial charge in [0.15, 0.2) is 0 Å². The maximum atomic E-state index is 12.6. The summed E-state index contributed by atoms with van der Waals surface area (Å²) >= 11 is 0. The SMILES string of the molecule is Cc1cn(C)c(C2CCN(C(=O)CCc3nc4ccccc4[nH]3)C2)n1. The van der Waals surface area contributed by atoms with Crippen LogP contribution in [0.2, 0.25) is 0 Å². The molecule has 4 rings (SSSR count). The normalized spacial score (nSPS) is 17.5. The molecule has 1 atom stereocenters. The molecule has 6 nitrogen and oxygen atoms in total. The fraction of sp³-hybridized carbons (Fsp3) is 0.421. The van der Waals surface area contributed by atoms with E-state index in [0.29, 0.717) is 18.8 Å². The van der Waals surface area contributed by atoms with Crippen LogP contribution in [0.5, 0.6) is 0 Å². The number of H-pyrrole nitrogens is 1. The molecular weight excluding hydrogens is 314 g/mol. The molecule has 1 amide bonds. The van der Waals surface area contributed by atoms with E-state index < -0.39 is 0 Å². The minimum Gasteiger partial charge on any atom is -0.342 e. The van der Waals surface area contributed by atoms with Crippen molar-refractivity contribution in [2.45, 2.75) is 32.1 Å². The fourth-order valence-corrected chi connectivity index (χ4v) is 3.72. The molecule has 25 heavy (non-hydrogen) atoms. The quantitative estimate of drug-likeness (QED) is 0.795. The molecule has 6 heteroatoms. The minimum atomic E-state index is 0.203. The van der Waals surface area contributed by atoms with Crippen molar-refractivity contribution >= 4 is 16.9 Å². The van der Waals surface area contributed by atoms with E-state index in [0.717, 1.165) is 47.9 Å². The zero-order chi connectivity index (χ0) is 17.4. The average Bonchev–Trinajstić information content (AvgIpc) is 3.30. The van der Waals surface area contributed by atoms with Gasteiger partial charge < -0.3 is 14.5 Å². The Morgan fingerprint density at radius 2 is 2.16 bits per heavy atom. The van der Waals surface area contributed by atoms with Gasteiger partial charge in [0.1, 0.15) is 11.6 Å². The Kier molecular flexibility index (Phi) is 4.03. The van der Waals surface area contributed by atoms with Crippen molar-refractivity contribution in [3.63, 3.8) is 0 Å². The highest BCUT2D eigenvalue weighted by Gasteiger charge is 2.29. The molecule has 0 bridgehead atoms. The van der Waals surface area contributed by atoms with Crippen molar-refractivity contribution in [3.05, 3.63) is 47.8 Å². The smallest absolute Gasteiger partial charge is 0.223 e. The lowest BCUT2D eigenvalue weighted by Crippen LogP contribution is -2.29. The Balaban J connectivity index is 1.36. The number of likely N-dealkylation sites (tertiary alicyclic amines) is 1. The first-order chi connectivity index (χ1) is 12.1. The van der Waals surface area contributed by atoms with Crippen LogP contribution in [-0.2, 0) is 18.3 Å². The first-order valence-corrected chi connectivity index (χ1v) is 8.81. The van der Waals surface area contributed by atoms with Crippen LogP contribution >= 0.6 is 0 Å². The van der Waals surface area contributed by atoms with Crippen LogP contribution in [0.4, 0.5) is 0 Å². The van der Waals surface area contributed by atoms with Gasteiger partial charge in [0.2, 0.25) is 5.91 Å². The molecule has 0 spiro atoms. The van der Waals surface area contributed by atoms with Gasteiger partial charge in [-0.05, 0) is 25.5 Å². The number of hydrogen-bond acceptors (Lipinski definition) is 3. The third-order valence-electron chi connectivity index (χ3n) is 4.95. The monoisotopic (exact) mass is 337 g/mol. The second-order valence-corrected chi connectivity index (χ2v) is 6.88. The molecule has 1 saturated heterocycles. The van der Waals surface area contributed by atoms with Crippen LogP contribution in [0.25, 0.3) is 11.0 Å². The van der Waals surface area contributed by atoms with Crippen molar-refractivity contribution in [3.8, 4) is 0 Å². The van der Waals surface area contributed by atoms with E-state index in [2.05, 4.69) is 19.5 Å². The summed E-state index contributed by atoms with van der Waals surface area (Å²) in [5, 5.41) is 0. The molecule has 3 aromatic rings. The highest BCUT2D eigenvalue weighted by Crippen LogP contribution is 2.27. The van der Waals surface area contributed by atoms with Gasteiger partial charge in [-0.3, -0.25) is 4.79 Å². The lowest BCUT2D eigenvalue weighted by Gasteiger charge is -2.16. The van der Waals surface area contributed by atoms with E-state index >= 15 is 0 Å². The van der Waals surface area contributed by atoms with E-state index in [4.69, 9.17) is 0 Å². The Bertz CT molecular complexity index is 877. The molecule has 1 aromatic carbocycles. The second-order valence-electron chi connectivity index (χ2n) is 6.88. The van der Waals surface area contributed by atoms with E-state index in [1.807, 2.05) is 49.3 Å². The van der Waals surface area contributed by atoms with Crippen LogP contribution in [-0.4, -0.2) is 43.4 Å². The molecule has 130 valence electrons. The molecule has 2 aromatic heterocycles. The van der Waals surface area contributed by atoms with Gasteiger partial charge in [0.05, 0.1) is 16.7 Å². The number of amides is 1. The van der Waals surface area contributed by atoms with Gasteiger partial charge in [-0.2, -0.15) is 0 Å². The standard InChI is InChI=1S/C19H23N5O/c1-13-11-23(2)19(20-13)14-9-10-24(12-14)18(25)8-7-17-21-15-5-3-4-6-16(15)22-17/h3-6,11,14H,7-10,12H2,1-2H3,(H,21,22). The maximum Gasteiger partial charge on any atom is 0.223 e. The molecule has 3 heterocycles. The number of aryl methyl sites for hydroxylation is 3. The molecule has 1 unspecified atom stereocenters. The van der Waals surface area contributed by atoms with Gasteiger partial charge >= 0.3 is 0 Å². The van der Waals surface area contributed by atoms with Crippen LogP contribution in [0.15, 0.2) is 30.5 Å². The van der Waals surface area contributed by atoms with Gasteiger partial charge in [-0.15, -0.1) is 0 Å². The van der Waals surface area contributed by atoms with Crippen molar-refractivity contribution in [1.82, 2.24) is 24.4 Å². The molecule has 0 saturated carbocycles. The maximum absolute atomic E-state index is 12.6. The number of rotatable bonds is 4. The van der Waals surface area contributed by atoms with Crippen LogP contribution in [0.1, 0.15) is 36.1 Å². The number of hydrogen-bond donors (Lipinski definition) is 1. The lowest BCUT2D eigenvalue weighted by atomic mass is 10.1. The summed E-state index contributed by atoms with van der Waals surface area (Å²) in [5.41, 5.74) is 3.01. The molecule has 1 N–H and O–H groups in total. The number of carbonyl (C=O) groups excluding carboxylic acids is 1. The number of benzene rings is 1. The lowest BCUT2D eigenvalue weighted by molar-refractivity contribution is -0.130. The number of aromatic nitrogens is 4. The molecular formula is C19H23N5O. The number of imidazole rings is 2. The summed E-state index contributed by atoms with van der Waals surface area (Å²) in [6.07, 6.45) is 4.17. The van der Waals surface area contributed by atoms with Crippen molar-refractivity contribution in [2.75, 3.05) is 13.1 Å². The summed E-state index contributed by atoms with van der Waals surface area (Å²) in [6.45, 7) is 3.59. The van der Waals surface area contributed by atoms with Crippen molar-refractivity contribution < 1.29 is 4.79 Å².